The number of hydrogen-bond donors (Lipinski definition) is 9. The number of nitrogens with one attached hydrogen (secondary N) is 2. The zero-order valence-corrected chi connectivity index (χ0v) is 76.5. The number of pyridine rings is 4. The molecule has 0 spiro atoms. The number of carboxylic acid groups (broad SMARTS) is 1. The molecule has 0 unspecified atom stereocenters. The largest absolute Gasteiger partial charge is 1.00 e. The predicted octanol–water partition coefficient (Wildman–Crippen LogP) is 9.14. The molecule has 0 aliphatic carbocycles. The van der Waals surface area contributed by atoms with Gasteiger partial charge >= 0.3 is 59.1 Å². The van der Waals surface area contributed by atoms with Gasteiger partial charge in [-0.15, -0.1) is 0 Å². The first kappa shape index (κ1) is 90.5. The molecule has 2 saturated heterocycles. The molecule has 5 aliphatic heterocycles. The number of fused-ring (bicyclic) bond motifs is 11. The third kappa shape index (κ3) is 15.8. The van der Waals surface area contributed by atoms with E-state index in [9.17, 15) is 79.2 Å². The number of H-pyrrole nitrogens is 2. The van der Waals surface area contributed by atoms with E-state index in [1.807, 2.05) is 115 Å². The number of amides is 2. The summed E-state index contributed by atoms with van der Waals surface area (Å²) in [4.78, 5) is 118. The maximum atomic E-state index is 13.7. The topological polar surface area (TPSA) is 448 Å². The first-order valence-corrected chi connectivity index (χ1v) is 44.4. The standard InChI is InChI=1S/C49H51N7O10.C49H49N7O9.Na/c1-5-31-33-20-30(8-9-38(33)50-43-35(31)24-55-40(43)22-37(36(25-57)45(55)60)49(65,6-2)46(61)62)66-48(64)54-16-12-27(13-17-54)11-15-53-18-14-28-19-29(7-10-39(28)53)56-44(51-52-47(56)63)34-21-32(26(3)4)41(58)23-42(34)59;1-5-31-33-20-30(8-9-38(33)50-43-35(31)24-55-40(43)22-37-36(45(55)59)25-64-46(60)49(37,63)6-2)65-48(62)54-16-12-27(13-17-54)11-15-53-18-14-28-19-29(7-10-39(28)53)56-44(51-52-47(56)61)34-21-32(26(3)4)41(57)23-42(34)58;/h7-10,14,18-23,26-27,57-59,65H,5-6,11-13,15-17,24-25H2,1-4H3,(H,52,63)(H,61,62);7-10,14,18-23,26-27,57-58,63H,5-6,11-13,15-17,24-25H2,1-4H3,(H,52,61);/q;;+1/p-1/t2*49-;/m00./s1. The minimum Gasteiger partial charge on any atom is -0.547 e. The molecular formula is C98H99N14NaO19. The van der Waals surface area contributed by atoms with Crippen LogP contribution in [-0.2, 0) is 77.8 Å². The van der Waals surface area contributed by atoms with Gasteiger partial charge < -0.3 is 87.9 Å². The number of ether oxygens (including phenoxy) is 3. The van der Waals surface area contributed by atoms with Crippen LogP contribution in [0, 0.1) is 11.8 Å². The Labute approximate surface area is 776 Å². The number of cyclic esters (lactones) is 1. The van der Waals surface area contributed by atoms with Crippen LogP contribution in [0.2, 0.25) is 0 Å². The second kappa shape index (κ2) is 35.7. The van der Waals surface area contributed by atoms with Crippen LogP contribution < -0.4 is 66.6 Å². The Morgan fingerprint density at radius 2 is 1.02 bits per heavy atom. The molecule has 14 aromatic rings. The van der Waals surface area contributed by atoms with E-state index in [4.69, 9.17) is 24.2 Å². The van der Waals surface area contributed by atoms with Crippen molar-refractivity contribution in [1.82, 2.24) is 67.6 Å². The van der Waals surface area contributed by atoms with Gasteiger partial charge in [0.25, 0.3) is 11.1 Å². The summed E-state index contributed by atoms with van der Waals surface area (Å²) in [6, 6.07) is 35.0. The van der Waals surface area contributed by atoms with E-state index in [1.165, 1.54) is 38.8 Å². The number of phenols is 4. The van der Waals surface area contributed by atoms with Crippen molar-refractivity contribution in [2.45, 2.75) is 182 Å². The Morgan fingerprint density at radius 1 is 0.568 bits per heavy atom. The average molecular weight is 1800 g/mol. The molecule has 9 N–H and O–H groups in total. The normalized spacial score (nSPS) is 15.8. The maximum absolute atomic E-state index is 13.7. The molecule has 2 amide bonds. The van der Waals surface area contributed by atoms with E-state index >= 15 is 0 Å². The fourth-order valence-electron chi connectivity index (χ4n) is 19.7. The number of esters is 1. The number of aliphatic carboxylic acids is 1. The third-order valence-electron chi connectivity index (χ3n) is 27.2. The molecule has 2 atom stereocenters. The van der Waals surface area contributed by atoms with E-state index in [0.717, 1.165) is 106 Å². The van der Waals surface area contributed by atoms with Gasteiger partial charge in [0.2, 0.25) is 0 Å². The monoisotopic (exact) mass is 1800 g/mol. The van der Waals surface area contributed by atoms with E-state index in [-0.39, 0.29) is 136 Å². The summed E-state index contributed by atoms with van der Waals surface area (Å²) in [5.41, 5.74) is 5.66. The quantitative estimate of drug-likeness (QED) is 0.0239. The smallest absolute Gasteiger partial charge is 0.547 e. The minimum absolute atomic E-state index is 0. The second-order valence-electron chi connectivity index (χ2n) is 35.2. The number of piperidine rings is 2. The van der Waals surface area contributed by atoms with Crippen molar-refractivity contribution in [3.05, 3.63) is 231 Å². The molecular weight excluding hydrogens is 1700 g/mol. The number of carbonyl (C=O) groups excluding carboxylic acids is 4. The van der Waals surface area contributed by atoms with Crippen molar-refractivity contribution < 1.29 is 104 Å². The Balaban J connectivity index is 0.000000183. The van der Waals surface area contributed by atoms with Gasteiger partial charge in [0.1, 0.15) is 46.7 Å². The van der Waals surface area contributed by atoms with Crippen molar-refractivity contribution in [3.63, 3.8) is 0 Å². The Bertz CT molecular complexity index is 7300. The minimum atomic E-state index is -2.48. The average Bonchev–Trinajstić information content (AvgIpc) is 1.51. The number of likely N-dealkylation sites (tertiary alicyclic amines) is 2. The molecule has 5 aliphatic rings. The number of aliphatic hydroxyl groups excluding tert-OH is 1. The molecule has 0 bridgehead atoms. The molecule has 19 rings (SSSR count). The molecule has 33 nitrogen and oxygen atoms in total. The van der Waals surface area contributed by atoms with Crippen molar-refractivity contribution in [3.8, 4) is 91.4 Å². The van der Waals surface area contributed by atoms with Gasteiger partial charge in [-0.25, -0.2) is 53.3 Å². The number of aryl methyl sites for hydroxylation is 4. The molecule has 132 heavy (non-hydrogen) atoms. The van der Waals surface area contributed by atoms with E-state index in [2.05, 4.69) is 29.5 Å². The molecule has 0 saturated carbocycles. The van der Waals surface area contributed by atoms with Crippen LogP contribution in [0.15, 0.2) is 153 Å². The van der Waals surface area contributed by atoms with Gasteiger partial charge in [0.05, 0.1) is 87.5 Å². The summed E-state index contributed by atoms with van der Waals surface area (Å²) in [5, 5.41) is 104. The summed E-state index contributed by atoms with van der Waals surface area (Å²) >= 11 is 0. The fraction of sp³-hybridized carbons (Fsp3) is 0.347. The molecule has 8 aromatic heterocycles. The van der Waals surface area contributed by atoms with Crippen molar-refractivity contribution >= 4 is 67.7 Å². The van der Waals surface area contributed by atoms with E-state index in [0.29, 0.717) is 130 Å². The van der Waals surface area contributed by atoms with Gasteiger partial charge in [0, 0.05) is 124 Å². The van der Waals surface area contributed by atoms with Gasteiger partial charge in [0.15, 0.2) is 17.2 Å². The zero-order chi connectivity index (χ0) is 92.2. The number of aromatic amines is 2. The molecule has 0 radical (unpaired) electrons. The number of aromatic hydroxyl groups is 4. The number of benzene rings is 6. The van der Waals surface area contributed by atoms with Gasteiger partial charge in [-0.05, 0) is 219 Å². The van der Waals surface area contributed by atoms with Crippen LogP contribution in [0.4, 0.5) is 9.59 Å². The van der Waals surface area contributed by atoms with E-state index < -0.39 is 58.9 Å². The Hall–Kier alpha value is -13.4. The van der Waals surface area contributed by atoms with Crippen LogP contribution in [0.1, 0.15) is 174 Å². The second-order valence-corrected chi connectivity index (χ2v) is 35.2. The number of hydrogen-bond acceptors (Lipinski definition) is 23. The summed E-state index contributed by atoms with van der Waals surface area (Å²) in [5.74, 6) is -0.999. The molecule has 6 aromatic carbocycles. The Kier molecular flexibility index (Phi) is 24.5. The van der Waals surface area contributed by atoms with E-state index in [1.54, 1.807) is 63.8 Å². The summed E-state index contributed by atoms with van der Waals surface area (Å²) < 4.78 is 27.4. The molecule has 2 fully saturated rings. The number of phenolic OH excluding ortho intramolecular Hbond substituents is 4. The molecule has 13 heterocycles. The Morgan fingerprint density at radius 3 is 1.45 bits per heavy atom. The van der Waals surface area contributed by atoms with Crippen LogP contribution in [0.3, 0.4) is 0 Å². The SMILES string of the molecule is CCc1c2c(nc3ccc(OC(=O)N4CCC(CCn5ccc6cc(-n7c(-c8cc(C(C)C)c(O)cc8O)n[nH]c7=O)ccc65)CC4)cc13)-c1cc([C@@](O)(CC)C(=O)[O-])c(CO)c(=O)n1C2.CCc1c2c(nc3ccc(OC(=O)N4CCC(CCn5ccc6cc(-n7c(-c8cc(C(C)C)c(O)cc8O)n[nH]c7=O)ccc65)CC4)cc13)-c1cc3c(c(=O)n1C2)COC(=O)[C@]3(O)CC.[Na+]. The first-order valence-electron chi connectivity index (χ1n) is 44.4. The number of nitrogens with zero attached hydrogens (tertiary/aromatic N) is 12. The van der Waals surface area contributed by atoms with Crippen LogP contribution in [-0.4, -0.2) is 154 Å². The molecule has 34 heteroatoms. The maximum Gasteiger partial charge on any atom is 1.00 e. The first-order chi connectivity index (χ1) is 62.9. The number of aliphatic hydroxyl groups is 3. The fourth-order valence-corrected chi connectivity index (χ4v) is 19.7. The van der Waals surface area contributed by atoms with Crippen molar-refractivity contribution in [1.29, 1.82) is 0 Å². The van der Waals surface area contributed by atoms with Crippen LogP contribution >= 0.6 is 0 Å². The zero-order valence-electron chi connectivity index (χ0n) is 74.5. The number of carbonyl (C=O) groups is 4. The number of rotatable bonds is 21. The number of carboxylic acids is 1. The van der Waals surface area contributed by atoms with Crippen LogP contribution in [0.5, 0.6) is 34.5 Å². The predicted molar refractivity (Wildman–Crippen MR) is 484 cm³/mol. The van der Waals surface area contributed by atoms with Crippen molar-refractivity contribution in [2.75, 3.05) is 26.2 Å². The number of aromatic nitrogens is 12. The summed E-state index contributed by atoms with van der Waals surface area (Å²) in [7, 11) is 0. The van der Waals surface area contributed by atoms with Gasteiger partial charge in [-0.2, -0.15) is 10.2 Å². The third-order valence-corrected chi connectivity index (χ3v) is 27.2. The van der Waals surface area contributed by atoms with Crippen LogP contribution in [0.25, 0.3) is 101 Å². The van der Waals surface area contributed by atoms with Gasteiger partial charge in [-0.3, -0.25) is 9.59 Å². The van der Waals surface area contributed by atoms with Crippen molar-refractivity contribution in [2.24, 2.45) is 11.8 Å². The summed E-state index contributed by atoms with van der Waals surface area (Å²) in [6.45, 7) is 18.0. The van der Waals surface area contributed by atoms with Gasteiger partial charge in [-0.1, -0.05) is 55.4 Å². The molecule has 676 valence electrons. The summed E-state index contributed by atoms with van der Waals surface area (Å²) in [6.07, 6.45) is 9.26.